The van der Waals surface area contributed by atoms with Crippen LogP contribution in [-0.4, -0.2) is 75.4 Å². The van der Waals surface area contributed by atoms with Gasteiger partial charge in [0.05, 0.1) is 25.8 Å². The number of pyridine rings is 1. The smallest absolute Gasteiger partial charge is 0.253 e. The first-order chi connectivity index (χ1) is 19.6. The van der Waals surface area contributed by atoms with Crippen LogP contribution in [0.2, 0.25) is 0 Å². The van der Waals surface area contributed by atoms with Gasteiger partial charge >= 0.3 is 0 Å². The van der Waals surface area contributed by atoms with E-state index in [1.165, 1.54) is 24.8 Å². The van der Waals surface area contributed by atoms with E-state index in [9.17, 15) is 4.79 Å². The van der Waals surface area contributed by atoms with E-state index in [1.54, 1.807) is 14.2 Å². The van der Waals surface area contributed by atoms with Gasteiger partial charge in [-0.3, -0.25) is 14.6 Å². The van der Waals surface area contributed by atoms with Crippen molar-refractivity contribution < 1.29 is 9.47 Å². The van der Waals surface area contributed by atoms with E-state index in [1.807, 2.05) is 22.9 Å². The molecule has 0 unspecified atom stereocenters. The first-order valence-corrected chi connectivity index (χ1v) is 14.2. The Morgan fingerprint density at radius 2 is 1.68 bits per heavy atom. The van der Waals surface area contributed by atoms with Crippen LogP contribution in [0.1, 0.15) is 61.1 Å². The Hall–Kier alpha value is -3.76. The monoisotopic (exact) mass is 543 g/mol. The topological polar surface area (TPSA) is 101 Å². The summed E-state index contributed by atoms with van der Waals surface area (Å²) < 4.78 is 13.0. The second-order valence-electron chi connectivity index (χ2n) is 10.8. The predicted molar refractivity (Wildman–Crippen MR) is 153 cm³/mol. The lowest BCUT2D eigenvalue weighted by Crippen LogP contribution is -2.48. The number of aromatic amines is 1. The van der Waals surface area contributed by atoms with Gasteiger partial charge in [-0.25, -0.2) is 4.68 Å². The highest BCUT2D eigenvalue weighted by molar-refractivity contribution is 5.83. The van der Waals surface area contributed by atoms with Crippen molar-refractivity contribution >= 4 is 10.9 Å². The highest BCUT2D eigenvalue weighted by atomic mass is 16.5. The number of benzene rings is 2. The molecule has 40 heavy (non-hydrogen) atoms. The molecule has 0 radical (unpaired) electrons. The number of hydrogen-bond acceptors (Lipinski definition) is 8. The lowest BCUT2D eigenvalue weighted by Gasteiger charge is -2.39. The van der Waals surface area contributed by atoms with Crippen molar-refractivity contribution in [2.24, 2.45) is 0 Å². The zero-order chi connectivity index (χ0) is 27.5. The molecule has 0 spiro atoms. The molecule has 10 nitrogen and oxygen atoms in total. The summed E-state index contributed by atoms with van der Waals surface area (Å²) in [4.78, 5) is 21.6. The van der Waals surface area contributed by atoms with Gasteiger partial charge in [0.25, 0.3) is 5.56 Å². The van der Waals surface area contributed by atoms with Crippen molar-refractivity contribution in [3.63, 3.8) is 0 Å². The minimum Gasteiger partial charge on any atom is -0.493 e. The zero-order valence-electron chi connectivity index (χ0n) is 23.3. The van der Waals surface area contributed by atoms with Crippen LogP contribution in [0.5, 0.6) is 11.5 Å². The second kappa shape index (κ2) is 11.8. The van der Waals surface area contributed by atoms with Crippen LogP contribution in [0.25, 0.3) is 10.9 Å². The Balaban J connectivity index is 1.37. The highest BCUT2D eigenvalue weighted by Crippen LogP contribution is 2.35. The number of H-pyrrole nitrogens is 1. The van der Waals surface area contributed by atoms with Gasteiger partial charge in [-0.05, 0) is 41.0 Å². The summed E-state index contributed by atoms with van der Waals surface area (Å²) in [7, 11) is 3.21. The molecular weight excluding hydrogens is 506 g/mol. The number of ether oxygens (including phenoxy) is 2. The zero-order valence-corrected chi connectivity index (χ0v) is 23.3. The fourth-order valence-corrected chi connectivity index (χ4v) is 6.24. The van der Waals surface area contributed by atoms with Crippen LogP contribution in [0.3, 0.4) is 0 Å². The molecule has 0 bridgehead atoms. The number of hydrogen-bond donors (Lipinski definition) is 1. The molecule has 2 fully saturated rings. The molecule has 1 aliphatic carbocycles. The van der Waals surface area contributed by atoms with Crippen LogP contribution in [-0.2, 0) is 6.54 Å². The van der Waals surface area contributed by atoms with E-state index in [4.69, 9.17) is 9.47 Å². The summed E-state index contributed by atoms with van der Waals surface area (Å²) in [6.45, 7) is 4.31. The molecule has 210 valence electrons. The SMILES string of the molecule is COc1cc2cc([C@@H](c3nnnn3C3CCCCC3)N3CCN(Cc4ccccc4)CC3)c(=O)[nH]c2cc1OC. The maximum Gasteiger partial charge on any atom is 0.253 e. The minimum absolute atomic E-state index is 0.144. The third-order valence-electron chi connectivity index (χ3n) is 8.38. The summed E-state index contributed by atoms with van der Waals surface area (Å²) in [6.07, 6.45) is 5.70. The van der Waals surface area contributed by atoms with Crippen molar-refractivity contribution in [3.05, 3.63) is 75.8 Å². The summed E-state index contributed by atoms with van der Waals surface area (Å²) in [5.74, 6) is 1.94. The van der Waals surface area contributed by atoms with Gasteiger partial charge in [0.15, 0.2) is 17.3 Å². The van der Waals surface area contributed by atoms with E-state index in [2.05, 4.69) is 60.6 Å². The maximum absolute atomic E-state index is 13.7. The van der Waals surface area contributed by atoms with Crippen LogP contribution >= 0.6 is 0 Å². The number of piperazine rings is 1. The lowest BCUT2D eigenvalue weighted by atomic mass is 9.95. The first-order valence-electron chi connectivity index (χ1n) is 14.2. The van der Waals surface area contributed by atoms with Crippen molar-refractivity contribution in [2.75, 3.05) is 40.4 Å². The number of methoxy groups -OCH3 is 2. The molecule has 2 aromatic heterocycles. The standard InChI is InChI=1S/C30H37N7O3/c1-39-26-18-22-17-24(30(38)31-25(22)19-27(26)40-2)28(29-32-33-34-37(29)23-11-7-4-8-12-23)36-15-13-35(14-16-36)20-21-9-5-3-6-10-21/h3,5-6,9-10,17-19,23,28H,4,7-8,11-16,20H2,1-2H3,(H,31,38)/t28-/m0/s1. The molecule has 4 aromatic rings. The third kappa shape index (κ3) is 5.33. The Bertz CT molecular complexity index is 1490. The lowest BCUT2D eigenvalue weighted by molar-refractivity contribution is 0.0982. The summed E-state index contributed by atoms with van der Waals surface area (Å²) >= 11 is 0. The Morgan fingerprint density at radius 1 is 0.950 bits per heavy atom. The van der Waals surface area contributed by atoms with E-state index in [0.29, 0.717) is 22.6 Å². The molecule has 3 heterocycles. The van der Waals surface area contributed by atoms with E-state index < -0.39 is 0 Å². The van der Waals surface area contributed by atoms with Gasteiger partial charge < -0.3 is 14.5 Å². The molecule has 0 amide bonds. The minimum atomic E-state index is -0.364. The number of tetrazole rings is 1. The van der Waals surface area contributed by atoms with Crippen molar-refractivity contribution in [3.8, 4) is 11.5 Å². The molecule has 1 atom stereocenters. The normalized spacial score (nSPS) is 18.1. The number of nitrogens with zero attached hydrogens (tertiary/aromatic N) is 6. The highest BCUT2D eigenvalue weighted by Gasteiger charge is 2.34. The first kappa shape index (κ1) is 26.5. The fourth-order valence-electron chi connectivity index (χ4n) is 6.24. The third-order valence-corrected chi connectivity index (χ3v) is 8.38. The van der Waals surface area contributed by atoms with E-state index >= 15 is 0 Å². The van der Waals surface area contributed by atoms with Crippen LogP contribution in [0.4, 0.5) is 0 Å². The summed E-state index contributed by atoms with van der Waals surface area (Å²) in [5.41, 5.74) is 2.51. The molecule has 1 saturated heterocycles. The molecule has 10 heteroatoms. The molecule has 2 aromatic carbocycles. The maximum atomic E-state index is 13.7. The number of fused-ring (bicyclic) bond motifs is 1. The van der Waals surface area contributed by atoms with Gasteiger partial charge in [0.2, 0.25) is 0 Å². The van der Waals surface area contributed by atoms with Crippen LogP contribution < -0.4 is 15.0 Å². The van der Waals surface area contributed by atoms with Gasteiger partial charge in [-0.15, -0.1) is 5.10 Å². The quantitative estimate of drug-likeness (QED) is 0.357. The molecule has 6 rings (SSSR count). The second-order valence-corrected chi connectivity index (χ2v) is 10.8. The number of aromatic nitrogens is 5. The predicted octanol–water partition coefficient (Wildman–Crippen LogP) is 3.94. The Kier molecular flexibility index (Phi) is 7.79. The summed E-state index contributed by atoms with van der Waals surface area (Å²) in [5, 5.41) is 14.0. The average molecular weight is 544 g/mol. The van der Waals surface area contributed by atoms with Crippen molar-refractivity contribution in [1.29, 1.82) is 0 Å². The largest absolute Gasteiger partial charge is 0.493 e. The van der Waals surface area contributed by atoms with Gasteiger partial charge in [0, 0.05) is 49.7 Å². The van der Waals surface area contributed by atoms with Crippen LogP contribution in [0, 0.1) is 0 Å². The molecule has 1 aliphatic heterocycles. The number of nitrogens with one attached hydrogen (secondary N) is 1. The molecule has 2 aliphatic rings. The average Bonchev–Trinajstić information content (AvgIpc) is 3.48. The van der Waals surface area contributed by atoms with E-state index in [0.717, 1.165) is 56.8 Å². The fraction of sp³-hybridized carbons (Fsp3) is 0.467. The number of rotatable bonds is 8. The van der Waals surface area contributed by atoms with Crippen molar-refractivity contribution in [2.45, 2.75) is 50.7 Å². The van der Waals surface area contributed by atoms with Gasteiger partial charge in [0.1, 0.15) is 6.04 Å². The van der Waals surface area contributed by atoms with Gasteiger partial charge in [-0.2, -0.15) is 0 Å². The van der Waals surface area contributed by atoms with Crippen LogP contribution in [0.15, 0.2) is 53.3 Å². The molecular formula is C30H37N7O3. The molecule has 1 saturated carbocycles. The summed E-state index contributed by atoms with van der Waals surface area (Å²) in [6, 6.07) is 16.1. The van der Waals surface area contributed by atoms with E-state index in [-0.39, 0.29) is 17.6 Å². The Morgan fingerprint density at radius 3 is 2.40 bits per heavy atom. The molecule has 1 N–H and O–H groups in total. The van der Waals surface area contributed by atoms with Gasteiger partial charge in [-0.1, -0.05) is 49.6 Å². The van der Waals surface area contributed by atoms with Crippen molar-refractivity contribution in [1.82, 2.24) is 35.0 Å². The Labute approximate surface area is 233 Å².